The first-order valence-electron chi connectivity index (χ1n) is 8.82. The zero-order valence-corrected chi connectivity index (χ0v) is 16.5. The summed E-state index contributed by atoms with van der Waals surface area (Å²) in [6.45, 7) is 2.77. The van der Waals surface area contributed by atoms with Crippen LogP contribution >= 0.6 is 0 Å². The van der Waals surface area contributed by atoms with Gasteiger partial charge in [-0.2, -0.15) is 0 Å². The van der Waals surface area contributed by atoms with Crippen LogP contribution < -0.4 is 10.0 Å². The van der Waals surface area contributed by atoms with Crippen LogP contribution in [0.5, 0.6) is 0 Å². The predicted molar refractivity (Wildman–Crippen MR) is 103 cm³/mol. The third-order valence-electron chi connectivity index (χ3n) is 4.41. The van der Waals surface area contributed by atoms with E-state index in [0.29, 0.717) is 48.6 Å². The third kappa shape index (κ3) is 5.10. The van der Waals surface area contributed by atoms with Crippen LogP contribution in [0.15, 0.2) is 34.9 Å². The molecule has 0 atom stereocenters. The number of sulfonamides is 1. The molecule has 0 saturated carbocycles. The van der Waals surface area contributed by atoms with Gasteiger partial charge in [0.05, 0.1) is 6.26 Å². The van der Waals surface area contributed by atoms with E-state index in [9.17, 15) is 18.0 Å². The molecule has 1 fully saturated rings. The van der Waals surface area contributed by atoms with Gasteiger partial charge in [-0.3, -0.25) is 14.3 Å². The summed E-state index contributed by atoms with van der Waals surface area (Å²) in [4.78, 5) is 26.5. The van der Waals surface area contributed by atoms with Gasteiger partial charge in [-0.05, 0) is 44.0 Å². The number of hydrogen-bond acceptors (Lipinski definition) is 6. The van der Waals surface area contributed by atoms with E-state index < -0.39 is 10.0 Å². The smallest absolute Gasteiger partial charge is 0.276 e. The lowest BCUT2D eigenvalue weighted by molar-refractivity contribution is 0.0688. The Hall–Kier alpha value is -2.88. The molecule has 0 bridgehead atoms. The van der Waals surface area contributed by atoms with E-state index in [0.717, 1.165) is 6.26 Å². The lowest BCUT2D eigenvalue weighted by Crippen LogP contribution is -2.46. The minimum atomic E-state index is -3.36. The van der Waals surface area contributed by atoms with E-state index in [1.54, 1.807) is 30.0 Å². The molecule has 2 N–H and O–H groups in total. The molecule has 1 aliphatic rings. The van der Waals surface area contributed by atoms with Gasteiger partial charge in [0.25, 0.3) is 11.8 Å². The number of aryl methyl sites for hydroxylation is 1. The first-order chi connectivity index (χ1) is 13.2. The number of nitrogens with zero attached hydrogens (tertiary/aromatic N) is 2. The summed E-state index contributed by atoms with van der Waals surface area (Å²) < 4.78 is 29.7. The zero-order chi connectivity index (χ0) is 20.3. The summed E-state index contributed by atoms with van der Waals surface area (Å²) in [5.74, 6) is 0.182. The van der Waals surface area contributed by atoms with Crippen molar-refractivity contribution in [1.29, 1.82) is 0 Å². The molecular weight excluding hydrogens is 384 g/mol. The molecule has 1 saturated heterocycles. The first kappa shape index (κ1) is 19.9. The molecule has 9 nitrogen and oxygen atoms in total. The minimum absolute atomic E-state index is 0.0376. The standard InChI is InChI=1S/C18H22N4O5S/c1-12-11-16(20-27-12)18(24)22-9-7-14(8-10-22)19-17(23)13-3-5-15(6-4-13)21-28(2,25)26/h3-6,11,14,21H,7-10H2,1-2H3,(H,19,23). The molecule has 3 rings (SSSR count). The lowest BCUT2D eigenvalue weighted by atomic mass is 10.0. The lowest BCUT2D eigenvalue weighted by Gasteiger charge is -2.31. The molecule has 0 radical (unpaired) electrons. The number of amides is 2. The van der Waals surface area contributed by atoms with Crippen LogP contribution in [0.2, 0.25) is 0 Å². The van der Waals surface area contributed by atoms with Gasteiger partial charge in [-0.25, -0.2) is 8.42 Å². The summed E-state index contributed by atoms with van der Waals surface area (Å²) in [5, 5.41) is 6.70. The molecular formula is C18H22N4O5S. The number of carbonyl (C=O) groups is 2. The average molecular weight is 406 g/mol. The van der Waals surface area contributed by atoms with Crippen molar-refractivity contribution in [2.24, 2.45) is 0 Å². The number of benzene rings is 1. The van der Waals surface area contributed by atoms with Crippen LogP contribution in [0.25, 0.3) is 0 Å². The Bertz CT molecular complexity index is 960. The highest BCUT2D eigenvalue weighted by molar-refractivity contribution is 7.92. The Labute approximate surface area is 163 Å². The van der Waals surface area contributed by atoms with Gasteiger partial charge in [-0.15, -0.1) is 0 Å². The van der Waals surface area contributed by atoms with Gasteiger partial charge in [0.15, 0.2) is 5.69 Å². The maximum absolute atomic E-state index is 12.4. The van der Waals surface area contributed by atoms with Crippen molar-refractivity contribution in [3.63, 3.8) is 0 Å². The van der Waals surface area contributed by atoms with Crippen molar-refractivity contribution in [2.75, 3.05) is 24.1 Å². The van der Waals surface area contributed by atoms with Crippen molar-refractivity contribution in [2.45, 2.75) is 25.8 Å². The molecule has 150 valence electrons. The summed E-state index contributed by atoms with van der Waals surface area (Å²) in [6.07, 6.45) is 2.35. The maximum atomic E-state index is 12.4. The molecule has 2 heterocycles. The van der Waals surface area contributed by atoms with E-state index in [1.165, 1.54) is 12.1 Å². The van der Waals surface area contributed by atoms with Crippen LogP contribution in [0, 0.1) is 6.92 Å². The predicted octanol–water partition coefficient (Wildman–Crippen LogP) is 1.39. The fourth-order valence-electron chi connectivity index (χ4n) is 3.03. The van der Waals surface area contributed by atoms with Crippen molar-refractivity contribution in [3.8, 4) is 0 Å². The molecule has 1 aromatic heterocycles. The molecule has 10 heteroatoms. The first-order valence-corrected chi connectivity index (χ1v) is 10.7. The minimum Gasteiger partial charge on any atom is -0.361 e. The van der Waals surface area contributed by atoms with E-state index in [1.807, 2.05) is 0 Å². The molecule has 1 aromatic carbocycles. The zero-order valence-electron chi connectivity index (χ0n) is 15.6. The highest BCUT2D eigenvalue weighted by Crippen LogP contribution is 2.16. The highest BCUT2D eigenvalue weighted by atomic mass is 32.2. The van der Waals surface area contributed by atoms with Crippen LogP contribution in [0.1, 0.15) is 39.4 Å². The Kier molecular flexibility index (Phi) is 5.68. The Morgan fingerprint density at radius 1 is 1.18 bits per heavy atom. The average Bonchev–Trinajstić information content (AvgIpc) is 3.07. The molecule has 0 unspecified atom stereocenters. The van der Waals surface area contributed by atoms with Gasteiger partial charge in [0, 0.05) is 36.4 Å². The van der Waals surface area contributed by atoms with Gasteiger partial charge in [0.2, 0.25) is 10.0 Å². The van der Waals surface area contributed by atoms with Gasteiger partial charge < -0.3 is 14.7 Å². The number of rotatable bonds is 5. The second-order valence-electron chi connectivity index (χ2n) is 6.81. The van der Waals surface area contributed by atoms with Crippen molar-refractivity contribution < 1.29 is 22.5 Å². The van der Waals surface area contributed by atoms with E-state index in [2.05, 4.69) is 15.2 Å². The molecule has 28 heavy (non-hydrogen) atoms. The fourth-order valence-corrected chi connectivity index (χ4v) is 3.59. The van der Waals surface area contributed by atoms with Crippen LogP contribution in [-0.4, -0.2) is 55.7 Å². The second-order valence-corrected chi connectivity index (χ2v) is 8.56. The summed E-state index contributed by atoms with van der Waals surface area (Å²) in [5.41, 5.74) is 1.13. The van der Waals surface area contributed by atoms with E-state index in [4.69, 9.17) is 4.52 Å². The Morgan fingerprint density at radius 2 is 1.82 bits per heavy atom. The van der Waals surface area contributed by atoms with Crippen LogP contribution in [0.4, 0.5) is 5.69 Å². The van der Waals surface area contributed by atoms with Gasteiger partial charge >= 0.3 is 0 Å². The summed E-state index contributed by atoms with van der Waals surface area (Å²) >= 11 is 0. The number of nitrogens with one attached hydrogen (secondary N) is 2. The topological polar surface area (TPSA) is 122 Å². The van der Waals surface area contributed by atoms with Gasteiger partial charge in [0.1, 0.15) is 5.76 Å². The third-order valence-corrected chi connectivity index (χ3v) is 5.02. The summed E-state index contributed by atoms with van der Waals surface area (Å²) in [7, 11) is -3.36. The number of hydrogen-bond donors (Lipinski definition) is 2. The number of likely N-dealkylation sites (tertiary alicyclic amines) is 1. The summed E-state index contributed by atoms with van der Waals surface area (Å²) in [6, 6.07) is 7.78. The number of aromatic nitrogens is 1. The molecule has 1 aliphatic heterocycles. The molecule has 2 amide bonds. The van der Waals surface area contributed by atoms with E-state index >= 15 is 0 Å². The number of piperidine rings is 1. The Morgan fingerprint density at radius 3 is 2.36 bits per heavy atom. The largest absolute Gasteiger partial charge is 0.361 e. The molecule has 0 spiro atoms. The highest BCUT2D eigenvalue weighted by Gasteiger charge is 2.26. The van der Waals surface area contributed by atoms with Crippen molar-refractivity contribution in [3.05, 3.63) is 47.3 Å². The van der Waals surface area contributed by atoms with Gasteiger partial charge in [-0.1, -0.05) is 5.16 Å². The quantitative estimate of drug-likeness (QED) is 0.774. The molecule has 2 aromatic rings. The normalized spacial score (nSPS) is 15.3. The Balaban J connectivity index is 1.51. The van der Waals surface area contributed by atoms with E-state index in [-0.39, 0.29) is 17.9 Å². The maximum Gasteiger partial charge on any atom is 0.276 e. The fraction of sp³-hybridized carbons (Fsp3) is 0.389. The van der Waals surface area contributed by atoms with Crippen molar-refractivity contribution >= 4 is 27.5 Å². The van der Waals surface area contributed by atoms with Crippen molar-refractivity contribution in [1.82, 2.24) is 15.4 Å². The van der Waals surface area contributed by atoms with Crippen LogP contribution in [-0.2, 0) is 10.0 Å². The monoisotopic (exact) mass is 406 g/mol. The number of carbonyl (C=O) groups excluding carboxylic acids is 2. The second kappa shape index (κ2) is 8.01. The molecule has 0 aliphatic carbocycles. The van der Waals surface area contributed by atoms with Crippen LogP contribution in [0.3, 0.4) is 0 Å². The SMILES string of the molecule is Cc1cc(C(=O)N2CCC(NC(=O)c3ccc(NS(C)(=O)=O)cc3)CC2)no1. The number of anilines is 1.